The second-order valence-corrected chi connectivity index (χ2v) is 11.3. The third-order valence-electron chi connectivity index (χ3n) is 5.31. The first-order chi connectivity index (χ1) is 15.3. The molecule has 0 heterocycles. The summed E-state index contributed by atoms with van der Waals surface area (Å²) in [7, 11) is -3.75. The van der Waals surface area contributed by atoms with Gasteiger partial charge in [0.2, 0.25) is 21.8 Å². The lowest BCUT2D eigenvalue weighted by molar-refractivity contribution is -0.139. The van der Waals surface area contributed by atoms with Gasteiger partial charge >= 0.3 is 0 Å². The van der Waals surface area contributed by atoms with Crippen molar-refractivity contribution in [3.8, 4) is 0 Å². The van der Waals surface area contributed by atoms with Gasteiger partial charge in [-0.1, -0.05) is 40.2 Å². The van der Waals surface area contributed by atoms with Crippen LogP contribution in [0, 0.1) is 13.8 Å². The van der Waals surface area contributed by atoms with Gasteiger partial charge in [0.25, 0.3) is 0 Å². The van der Waals surface area contributed by atoms with Crippen LogP contribution in [0.5, 0.6) is 0 Å². The van der Waals surface area contributed by atoms with Crippen molar-refractivity contribution >= 4 is 43.5 Å². The molecule has 0 spiro atoms. The lowest BCUT2D eigenvalue weighted by Crippen LogP contribution is -2.52. The SMILES string of the molecule is Cc1cc(N(CC(=O)N(Cc2ccccc2C)[C@@H](C)C(=O)NC(C)C)S(C)(=O)=O)ccc1Br. The van der Waals surface area contributed by atoms with Crippen LogP contribution >= 0.6 is 15.9 Å². The zero-order valence-electron chi connectivity index (χ0n) is 19.9. The number of carbonyl (C=O) groups excluding carboxylic acids is 2. The molecule has 0 radical (unpaired) electrons. The van der Waals surface area contributed by atoms with E-state index in [-0.39, 0.29) is 18.5 Å². The zero-order valence-corrected chi connectivity index (χ0v) is 22.3. The summed E-state index contributed by atoms with van der Waals surface area (Å²) >= 11 is 3.41. The van der Waals surface area contributed by atoms with E-state index in [0.29, 0.717) is 5.69 Å². The number of nitrogens with zero attached hydrogens (tertiary/aromatic N) is 2. The number of amides is 2. The minimum atomic E-state index is -3.75. The van der Waals surface area contributed by atoms with E-state index in [1.165, 1.54) is 4.90 Å². The van der Waals surface area contributed by atoms with Gasteiger partial charge < -0.3 is 10.2 Å². The Kier molecular flexibility index (Phi) is 9.08. The van der Waals surface area contributed by atoms with Gasteiger partial charge in [-0.3, -0.25) is 13.9 Å². The molecular weight excluding hydrogens is 506 g/mol. The molecule has 1 atom stereocenters. The molecule has 0 aliphatic carbocycles. The molecule has 9 heteroatoms. The largest absolute Gasteiger partial charge is 0.352 e. The number of anilines is 1. The van der Waals surface area contributed by atoms with Crippen LogP contribution in [0.4, 0.5) is 5.69 Å². The highest BCUT2D eigenvalue weighted by atomic mass is 79.9. The maximum Gasteiger partial charge on any atom is 0.244 e. The quantitative estimate of drug-likeness (QED) is 0.527. The molecule has 180 valence electrons. The third-order valence-corrected chi connectivity index (χ3v) is 7.34. The molecular formula is C24H32BrN3O4S. The van der Waals surface area contributed by atoms with E-state index in [1.807, 2.05) is 52.0 Å². The van der Waals surface area contributed by atoms with E-state index < -0.39 is 28.5 Å². The first kappa shape index (κ1) is 26.9. The predicted octanol–water partition coefficient (Wildman–Crippen LogP) is 3.77. The molecule has 7 nitrogen and oxygen atoms in total. The molecule has 0 saturated carbocycles. The van der Waals surface area contributed by atoms with Crippen LogP contribution in [0.1, 0.15) is 37.5 Å². The zero-order chi connectivity index (χ0) is 24.9. The van der Waals surface area contributed by atoms with Gasteiger partial charge in [0.1, 0.15) is 12.6 Å². The first-order valence-electron chi connectivity index (χ1n) is 10.7. The van der Waals surface area contributed by atoms with E-state index in [4.69, 9.17) is 0 Å². The van der Waals surface area contributed by atoms with Crippen LogP contribution in [-0.2, 0) is 26.2 Å². The van der Waals surface area contributed by atoms with E-state index in [1.54, 1.807) is 25.1 Å². The summed E-state index contributed by atoms with van der Waals surface area (Å²) in [6, 6.07) is 11.8. The van der Waals surface area contributed by atoms with Crippen molar-refractivity contribution in [3.63, 3.8) is 0 Å². The highest BCUT2D eigenvalue weighted by Crippen LogP contribution is 2.25. The van der Waals surface area contributed by atoms with Gasteiger partial charge in [-0.15, -0.1) is 0 Å². The Balaban J connectivity index is 2.43. The van der Waals surface area contributed by atoms with E-state index in [0.717, 1.165) is 31.7 Å². The number of hydrogen-bond acceptors (Lipinski definition) is 4. The number of halogens is 1. The van der Waals surface area contributed by atoms with Crippen LogP contribution in [-0.4, -0.2) is 50.0 Å². The number of nitrogens with one attached hydrogen (secondary N) is 1. The Hall–Kier alpha value is -2.39. The normalized spacial score (nSPS) is 12.4. The maximum absolute atomic E-state index is 13.5. The van der Waals surface area contributed by atoms with Crippen LogP contribution in [0.15, 0.2) is 46.9 Å². The topological polar surface area (TPSA) is 86.8 Å². The minimum absolute atomic E-state index is 0.0892. The average molecular weight is 539 g/mol. The summed E-state index contributed by atoms with van der Waals surface area (Å²) < 4.78 is 27.1. The number of carbonyl (C=O) groups is 2. The number of benzene rings is 2. The Morgan fingerprint density at radius 2 is 1.67 bits per heavy atom. The molecule has 0 fully saturated rings. The van der Waals surface area contributed by atoms with Crippen molar-refractivity contribution in [1.29, 1.82) is 0 Å². The summed E-state index contributed by atoms with van der Waals surface area (Å²) in [6.45, 7) is 8.91. The van der Waals surface area contributed by atoms with E-state index >= 15 is 0 Å². The van der Waals surface area contributed by atoms with Crippen molar-refractivity contribution in [3.05, 3.63) is 63.6 Å². The number of hydrogen-bond donors (Lipinski definition) is 1. The standard InChI is InChI=1S/C24H32BrN3O4S/c1-16(2)26-24(30)19(5)27(14-20-10-8-7-9-17(20)3)23(29)15-28(33(6,31)32)21-11-12-22(25)18(4)13-21/h7-13,16,19H,14-15H2,1-6H3,(H,26,30)/t19-/m0/s1. The summed E-state index contributed by atoms with van der Waals surface area (Å²) in [5.41, 5.74) is 3.10. The molecule has 2 rings (SSSR count). The van der Waals surface area contributed by atoms with Crippen LogP contribution in [0.3, 0.4) is 0 Å². The van der Waals surface area contributed by atoms with Crippen LogP contribution in [0.25, 0.3) is 0 Å². The molecule has 0 aromatic heterocycles. The molecule has 0 saturated heterocycles. The van der Waals surface area contributed by atoms with Gasteiger partial charge in [0.05, 0.1) is 11.9 Å². The second-order valence-electron chi connectivity index (χ2n) is 8.49. The van der Waals surface area contributed by atoms with Gasteiger partial charge in [0.15, 0.2) is 0 Å². The van der Waals surface area contributed by atoms with Crippen molar-refractivity contribution in [2.45, 2.75) is 53.2 Å². The fraction of sp³-hybridized carbons (Fsp3) is 0.417. The molecule has 1 N–H and O–H groups in total. The molecule has 0 aliphatic rings. The molecule has 0 unspecified atom stereocenters. The van der Waals surface area contributed by atoms with E-state index in [2.05, 4.69) is 21.2 Å². The third kappa shape index (κ3) is 7.30. The highest BCUT2D eigenvalue weighted by Gasteiger charge is 2.30. The molecule has 33 heavy (non-hydrogen) atoms. The van der Waals surface area contributed by atoms with Crippen molar-refractivity contribution < 1.29 is 18.0 Å². The average Bonchev–Trinajstić information content (AvgIpc) is 2.71. The van der Waals surface area contributed by atoms with Gasteiger partial charge in [0, 0.05) is 17.1 Å². The van der Waals surface area contributed by atoms with Crippen molar-refractivity contribution in [2.24, 2.45) is 0 Å². The highest BCUT2D eigenvalue weighted by molar-refractivity contribution is 9.10. The summed E-state index contributed by atoms with van der Waals surface area (Å²) in [4.78, 5) is 27.7. The van der Waals surface area contributed by atoms with Gasteiger partial charge in [-0.05, 0) is 69.5 Å². The molecule has 2 aromatic rings. The number of aryl methyl sites for hydroxylation is 2. The Labute approximate surface area is 205 Å². The summed E-state index contributed by atoms with van der Waals surface area (Å²) in [5, 5.41) is 2.84. The van der Waals surface area contributed by atoms with Crippen LogP contribution in [0.2, 0.25) is 0 Å². The predicted molar refractivity (Wildman–Crippen MR) is 136 cm³/mol. The van der Waals surface area contributed by atoms with Crippen LogP contribution < -0.4 is 9.62 Å². The molecule has 2 aromatic carbocycles. The Bertz CT molecular complexity index is 1120. The second kappa shape index (κ2) is 11.2. The van der Waals surface area contributed by atoms with Crippen molar-refractivity contribution in [2.75, 3.05) is 17.1 Å². The van der Waals surface area contributed by atoms with Gasteiger partial charge in [-0.2, -0.15) is 0 Å². The van der Waals surface area contributed by atoms with Crippen molar-refractivity contribution in [1.82, 2.24) is 10.2 Å². The lowest BCUT2D eigenvalue weighted by Gasteiger charge is -2.32. The minimum Gasteiger partial charge on any atom is -0.352 e. The first-order valence-corrected chi connectivity index (χ1v) is 13.3. The fourth-order valence-corrected chi connectivity index (χ4v) is 4.44. The monoisotopic (exact) mass is 537 g/mol. The maximum atomic E-state index is 13.5. The number of sulfonamides is 1. The fourth-order valence-electron chi connectivity index (χ4n) is 3.36. The smallest absolute Gasteiger partial charge is 0.244 e. The summed E-state index contributed by atoms with van der Waals surface area (Å²) in [6.07, 6.45) is 1.07. The van der Waals surface area contributed by atoms with Gasteiger partial charge in [-0.25, -0.2) is 8.42 Å². The summed E-state index contributed by atoms with van der Waals surface area (Å²) in [5.74, 6) is -0.756. The number of rotatable bonds is 9. The molecule has 0 aliphatic heterocycles. The molecule has 2 amide bonds. The molecule has 0 bridgehead atoms. The lowest BCUT2D eigenvalue weighted by atomic mass is 10.1. The van der Waals surface area contributed by atoms with E-state index in [9.17, 15) is 18.0 Å². The Morgan fingerprint density at radius 1 is 1.03 bits per heavy atom. The Morgan fingerprint density at radius 3 is 2.21 bits per heavy atom.